The molecule has 2 saturated heterocycles. The van der Waals surface area contributed by atoms with E-state index in [-0.39, 0.29) is 32.0 Å². The summed E-state index contributed by atoms with van der Waals surface area (Å²) < 4.78 is 66.3. The predicted octanol–water partition coefficient (Wildman–Crippen LogP) is 1.40. The van der Waals surface area contributed by atoms with Crippen molar-refractivity contribution in [1.29, 1.82) is 0 Å². The highest BCUT2D eigenvalue weighted by Gasteiger charge is 2.29. The average molecular weight is 627 g/mol. The Balaban J connectivity index is 0.000000643. The van der Waals surface area contributed by atoms with Gasteiger partial charge in [0.1, 0.15) is 17.3 Å². The van der Waals surface area contributed by atoms with Gasteiger partial charge in [-0.15, -0.1) is 0 Å². The Hall–Kier alpha value is -1.43. The first-order chi connectivity index (χ1) is 17.5. The fourth-order valence-electron chi connectivity index (χ4n) is 2.83. The van der Waals surface area contributed by atoms with Crippen LogP contribution in [0.4, 0.5) is 9.59 Å². The van der Waals surface area contributed by atoms with Crippen molar-refractivity contribution in [3.8, 4) is 0 Å². The van der Waals surface area contributed by atoms with Gasteiger partial charge >= 0.3 is 12.2 Å². The number of rotatable bonds is 4. The van der Waals surface area contributed by atoms with Gasteiger partial charge in [-0.2, -0.15) is 8.42 Å². The zero-order valence-electron chi connectivity index (χ0n) is 23.8. The van der Waals surface area contributed by atoms with Crippen molar-refractivity contribution in [2.45, 2.75) is 65.0 Å². The minimum Gasteiger partial charge on any atom is -0.444 e. The Labute approximate surface area is 236 Å². The Morgan fingerprint density at radius 2 is 1.21 bits per heavy atom. The van der Waals surface area contributed by atoms with E-state index in [1.165, 1.54) is 4.90 Å². The van der Waals surface area contributed by atoms with Gasteiger partial charge in [0.15, 0.2) is 0 Å². The van der Waals surface area contributed by atoms with Crippen LogP contribution in [0.2, 0.25) is 0 Å². The smallest absolute Gasteiger partial charge is 0.410 e. The third-order valence-corrected chi connectivity index (χ3v) is 4.82. The summed E-state index contributed by atoms with van der Waals surface area (Å²) in [6, 6.07) is 0. The first-order valence-corrected chi connectivity index (χ1v) is 16.6. The van der Waals surface area contributed by atoms with E-state index in [2.05, 4.69) is 14.9 Å². The molecule has 2 fully saturated rings. The van der Waals surface area contributed by atoms with Crippen molar-refractivity contribution in [1.82, 2.24) is 9.80 Å². The largest absolute Gasteiger partial charge is 0.444 e. The van der Waals surface area contributed by atoms with E-state index in [4.69, 9.17) is 24.1 Å². The summed E-state index contributed by atoms with van der Waals surface area (Å²) in [4.78, 5) is 26.5. The van der Waals surface area contributed by atoms with E-state index in [0.717, 1.165) is 12.5 Å². The summed E-state index contributed by atoms with van der Waals surface area (Å²) in [5, 5.41) is 8.92. The lowest BCUT2D eigenvalue weighted by molar-refractivity contribution is -0.0593. The highest BCUT2D eigenvalue weighted by Crippen LogP contribution is 2.14. The highest BCUT2D eigenvalue weighted by atomic mass is 35.7. The van der Waals surface area contributed by atoms with Crippen LogP contribution in [0.5, 0.6) is 0 Å². The second kappa shape index (κ2) is 16.1. The number of carbonyl (C=O) groups excluding carboxylic acids is 2. The zero-order chi connectivity index (χ0) is 30.7. The van der Waals surface area contributed by atoms with Crippen molar-refractivity contribution in [2.24, 2.45) is 0 Å². The Morgan fingerprint density at radius 3 is 1.54 bits per heavy atom. The molecule has 2 amide bonds. The first-order valence-electron chi connectivity index (χ1n) is 12.0. The Morgan fingerprint density at radius 1 is 0.846 bits per heavy atom. The number of hydrogen-bond acceptors (Lipinski definition) is 12. The third-order valence-electron chi connectivity index (χ3n) is 4.25. The van der Waals surface area contributed by atoms with Crippen LogP contribution in [0.3, 0.4) is 0 Å². The van der Waals surface area contributed by atoms with Crippen molar-refractivity contribution < 1.29 is 54.7 Å². The van der Waals surface area contributed by atoms with E-state index >= 15 is 0 Å². The molecule has 2 heterocycles. The maximum absolute atomic E-state index is 11.8. The summed E-state index contributed by atoms with van der Waals surface area (Å²) in [7, 11) is -2.20. The van der Waals surface area contributed by atoms with Gasteiger partial charge in [-0.3, -0.25) is 4.18 Å². The first kappa shape index (κ1) is 37.6. The fourth-order valence-corrected chi connectivity index (χ4v) is 3.23. The average Bonchev–Trinajstić information content (AvgIpc) is 2.74. The highest BCUT2D eigenvalue weighted by molar-refractivity contribution is 8.13. The molecule has 232 valence electrons. The molecule has 0 aromatic carbocycles. The van der Waals surface area contributed by atoms with Crippen LogP contribution in [-0.2, 0) is 42.3 Å². The van der Waals surface area contributed by atoms with Crippen molar-refractivity contribution >= 4 is 42.0 Å². The van der Waals surface area contributed by atoms with Crippen LogP contribution < -0.4 is 0 Å². The van der Waals surface area contributed by atoms with Gasteiger partial charge < -0.3 is 33.9 Å². The van der Waals surface area contributed by atoms with Crippen LogP contribution in [-0.4, -0.2) is 132 Å². The fraction of sp³-hybridized carbons (Fsp3) is 0.909. The second-order valence-corrected chi connectivity index (χ2v) is 15.4. The van der Waals surface area contributed by atoms with Gasteiger partial charge in [0.25, 0.3) is 10.1 Å². The number of halogens is 1. The summed E-state index contributed by atoms with van der Waals surface area (Å²) in [5.41, 5.74) is -1.04. The molecule has 2 unspecified atom stereocenters. The third kappa shape index (κ3) is 22.0. The number of morpholine rings is 2. The van der Waals surface area contributed by atoms with Crippen LogP contribution in [0.1, 0.15) is 41.5 Å². The Kier molecular flexibility index (Phi) is 15.5. The summed E-state index contributed by atoms with van der Waals surface area (Å²) in [6.07, 6.45) is 0.377. The maximum atomic E-state index is 11.8. The SMILES string of the molecule is CC(C)(C)OC(=O)N1CCOC(CO)C1.CC(C)(C)OC(=O)N1CCOC(COS(C)(=O)=O)C1.CS(=O)(=O)Cl. The monoisotopic (exact) mass is 626 g/mol. The number of carbonyl (C=O) groups is 2. The summed E-state index contributed by atoms with van der Waals surface area (Å²) in [5.74, 6) is 0. The van der Waals surface area contributed by atoms with Gasteiger partial charge in [-0.1, -0.05) is 0 Å². The minimum absolute atomic E-state index is 0.0701. The molecule has 0 aliphatic carbocycles. The number of nitrogens with zero attached hydrogens (tertiary/aromatic N) is 2. The number of hydrogen-bond donors (Lipinski definition) is 1. The molecule has 0 bridgehead atoms. The summed E-state index contributed by atoms with van der Waals surface area (Å²) >= 11 is 0. The molecular weight excluding hydrogens is 584 g/mol. The second-order valence-electron chi connectivity index (χ2n) is 10.7. The molecule has 2 atom stereocenters. The number of amides is 2. The van der Waals surface area contributed by atoms with E-state index < -0.39 is 42.6 Å². The van der Waals surface area contributed by atoms with Crippen LogP contribution in [0, 0.1) is 0 Å². The maximum Gasteiger partial charge on any atom is 0.410 e. The van der Waals surface area contributed by atoms with Crippen LogP contribution >= 0.6 is 10.7 Å². The van der Waals surface area contributed by atoms with Gasteiger partial charge in [-0.05, 0) is 41.5 Å². The summed E-state index contributed by atoms with van der Waals surface area (Å²) in [6.45, 7) is 13.0. The topological polar surface area (TPSA) is 175 Å². The van der Waals surface area contributed by atoms with Crippen LogP contribution in [0.25, 0.3) is 0 Å². The molecule has 0 aromatic rings. The molecule has 2 rings (SSSR count). The van der Waals surface area contributed by atoms with Crippen molar-refractivity contribution in [3.05, 3.63) is 0 Å². The van der Waals surface area contributed by atoms with E-state index in [0.29, 0.717) is 32.8 Å². The van der Waals surface area contributed by atoms with Crippen molar-refractivity contribution in [2.75, 3.05) is 65.1 Å². The predicted molar refractivity (Wildman–Crippen MR) is 144 cm³/mol. The molecule has 0 spiro atoms. The molecule has 2 aliphatic rings. The number of aliphatic hydroxyl groups excluding tert-OH is 1. The molecule has 14 nitrogen and oxygen atoms in total. The normalized spacial score (nSPS) is 20.6. The molecule has 0 radical (unpaired) electrons. The molecule has 39 heavy (non-hydrogen) atoms. The molecule has 0 saturated carbocycles. The van der Waals surface area contributed by atoms with Crippen LogP contribution in [0.15, 0.2) is 0 Å². The zero-order valence-corrected chi connectivity index (χ0v) is 26.2. The molecule has 1 N–H and O–H groups in total. The molecule has 2 aliphatic heterocycles. The number of aliphatic hydroxyl groups is 1. The standard InChI is InChI=1S/C11H21NO6S.C10H19NO4.CH3ClO2S/c1-11(2,3)18-10(13)12-5-6-16-9(7-12)8-17-19(4,14)15;1-10(2,3)15-9(13)11-4-5-14-8(6-11)7-12;1-5(2,3)4/h9H,5-8H2,1-4H3;8,12H,4-7H2,1-3H3;1H3. The molecule has 0 aromatic heterocycles. The lowest BCUT2D eigenvalue weighted by Gasteiger charge is -2.33. The van der Waals surface area contributed by atoms with Gasteiger partial charge in [0, 0.05) is 23.8 Å². The van der Waals surface area contributed by atoms with E-state index in [1.54, 1.807) is 25.7 Å². The lowest BCUT2D eigenvalue weighted by Crippen LogP contribution is -2.48. The molecule has 17 heteroatoms. The quantitative estimate of drug-likeness (QED) is 0.351. The van der Waals surface area contributed by atoms with Gasteiger partial charge in [0.2, 0.25) is 9.05 Å². The number of ether oxygens (including phenoxy) is 4. The van der Waals surface area contributed by atoms with E-state index in [9.17, 15) is 26.4 Å². The van der Waals surface area contributed by atoms with Gasteiger partial charge in [-0.25, -0.2) is 18.0 Å². The minimum atomic E-state index is -3.50. The van der Waals surface area contributed by atoms with Crippen molar-refractivity contribution in [3.63, 3.8) is 0 Å². The Bertz CT molecular complexity index is 970. The molecular formula is C22H43ClN2O12S2. The van der Waals surface area contributed by atoms with Gasteiger partial charge in [0.05, 0.1) is 58.1 Å². The van der Waals surface area contributed by atoms with E-state index in [1.807, 2.05) is 20.8 Å². The lowest BCUT2D eigenvalue weighted by atomic mass is 10.2.